The normalized spacial score (nSPS) is 12.3. The molecule has 0 saturated heterocycles. The van der Waals surface area contributed by atoms with Crippen LogP contribution in [0.3, 0.4) is 0 Å². The summed E-state index contributed by atoms with van der Waals surface area (Å²) < 4.78 is 0. The van der Waals surface area contributed by atoms with E-state index < -0.39 is 0 Å². The Hall–Kier alpha value is -1.18. The molecule has 0 aromatic carbocycles. The van der Waals surface area contributed by atoms with E-state index in [0.717, 1.165) is 29.2 Å². The molecule has 0 N–H and O–H groups in total. The number of allylic oxidation sites excluding steroid dienone is 1. The van der Waals surface area contributed by atoms with Crippen LogP contribution in [0.1, 0.15) is 50.0 Å². The first kappa shape index (κ1) is 12.9. The van der Waals surface area contributed by atoms with E-state index in [-0.39, 0.29) is 0 Å². The van der Waals surface area contributed by atoms with Crippen molar-refractivity contribution in [2.75, 3.05) is 0 Å². The average Bonchev–Trinajstić information content (AvgIpc) is 2.12. The third-order valence-corrected chi connectivity index (χ3v) is 2.63. The van der Waals surface area contributed by atoms with E-state index in [1.165, 1.54) is 5.57 Å². The Morgan fingerprint density at radius 2 is 1.62 bits per heavy atom. The fourth-order valence-electron chi connectivity index (χ4n) is 1.81. The molecule has 16 heavy (non-hydrogen) atoms. The van der Waals surface area contributed by atoms with Crippen molar-refractivity contribution < 1.29 is 0 Å². The largest absolute Gasteiger partial charge is 0.254 e. The minimum absolute atomic E-state index is 0.691. The first-order valence-electron chi connectivity index (χ1n) is 5.89. The summed E-state index contributed by atoms with van der Waals surface area (Å²) >= 11 is 0. The van der Waals surface area contributed by atoms with E-state index in [2.05, 4.69) is 36.8 Å². The van der Waals surface area contributed by atoms with Crippen molar-refractivity contribution in [1.82, 2.24) is 9.97 Å². The first-order chi connectivity index (χ1) is 7.40. The Balaban J connectivity index is 3.01. The Morgan fingerprint density at radius 3 is 2.19 bits per heavy atom. The van der Waals surface area contributed by atoms with Gasteiger partial charge in [-0.05, 0) is 46.1 Å². The number of rotatable bonds is 3. The topological polar surface area (TPSA) is 25.8 Å². The summed E-state index contributed by atoms with van der Waals surface area (Å²) in [4.78, 5) is 9.08. The van der Waals surface area contributed by atoms with Crippen LogP contribution in [0.4, 0.5) is 0 Å². The zero-order valence-corrected chi connectivity index (χ0v) is 11.3. The predicted molar refractivity (Wildman–Crippen MR) is 69.3 cm³/mol. The summed E-state index contributed by atoms with van der Waals surface area (Å²) in [6.07, 6.45) is 3.28. The zero-order valence-electron chi connectivity index (χ0n) is 11.3. The van der Waals surface area contributed by atoms with Gasteiger partial charge in [0.1, 0.15) is 0 Å². The van der Waals surface area contributed by atoms with Gasteiger partial charge in [0.25, 0.3) is 0 Å². The maximum absolute atomic E-state index is 4.58. The molecule has 0 aliphatic heterocycles. The van der Waals surface area contributed by atoms with Crippen LogP contribution in [0, 0.1) is 26.7 Å². The third kappa shape index (κ3) is 3.44. The summed E-state index contributed by atoms with van der Waals surface area (Å²) in [6.45, 7) is 12.7. The van der Waals surface area contributed by atoms with Gasteiger partial charge in [-0.15, -0.1) is 0 Å². The molecule has 0 fully saturated rings. The van der Waals surface area contributed by atoms with Gasteiger partial charge in [0.05, 0.1) is 22.8 Å². The lowest BCUT2D eigenvalue weighted by Crippen LogP contribution is -1.99. The van der Waals surface area contributed by atoms with Crippen molar-refractivity contribution >= 4 is 6.08 Å². The highest BCUT2D eigenvalue weighted by Gasteiger charge is 2.04. The van der Waals surface area contributed by atoms with E-state index in [1.807, 2.05) is 20.8 Å². The van der Waals surface area contributed by atoms with Crippen molar-refractivity contribution in [3.63, 3.8) is 0 Å². The maximum atomic E-state index is 4.58. The molecule has 0 atom stereocenters. The molecule has 2 nitrogen and oxygen atoms in total. The molecule has 1 aromatic rings. The van der Waals surface area contributed by atoms with Gasteiger partial charge in [0.15, 0.2) is 0 Å². The minimum atomic E-state index is 0.691. The second-order valence-electron chi connectivity index (χ2n) is 4.95. The van der Waals surface area contributed by atoms with Gasteiger partial charge in [0, 0.05) is 0 Å². The van der Waals surface area contributed by atoms with Crippen LogP contribution in [-0.4, -0.2) is 9.97 Å². The van der Waals surface area contributed by atoms with Crippen LogP contribution in [0.5, 0.6) is 0 Å². The smallest absolute Gasteiger partial charge is 0.0845 e. The molecule has 1 aromatic heterocycles. The molecule has 0 radical (unpaired) electrons. The fourth-order valence-corrected chi connectivity index (χ4v) is 1.81. The quantitative estimate of drug-likeness (QED) is 0.770. The van der Waals surface area contributed by atoms with Gasteiger partial charge >= 0.3 is 0 Å². The van der Waals surface area contributed by atoms with Crippen molar-refractivity contribution in [1.29, 1.82) is 0 Å². The fraction of sp³-hybridized carbons (Fsp3) is 0.571. The standard InChI is InChI=1S/C14H22N2/c1-9(2)7-10(3)8-14-13(6)15-11(4)12(5)16-14/h8-9H,7H2,1-6H3/b10-8+. The first-order valence-corrected chi connectivity index (χ1v) is 5.89. The Labute approximate surface area is 98.8 Å². The highest BCUT2D eigenvalue weighted by molar-refractivity contribution is 5.50. The van der Waals surface area contributed by atoms with Gasteiger partial charge in [-0.2, -0.15) is 0 Å². The molecule has 0 amide bonds. The van der Waals surface area contributed by atoms with Crippen molar-refractivity contribution in [2.45, 2.75) is 48.0 Å². The molecule has 0 spiro atoms. The Morgan fingerprint density at radius 1 is 1.06 bits per heavy atom. The molecule has 0 aliphatic rings. The van der Waals surface area contributed by atoms with Crippen molar-refractivity contribution in [2.24, 2.45) is 5.92 Å². The number of hydrogen-bond donors (Lipinski definition) is 0. The predicted octanol–water partition coefficient (Wildman–Crippen LogP) is 3.85. The average molecular weight is 218 g/mol. The van der Waals surface area contributed by atoms with Crippen LogP contribution < -0.4 is 0 Å². The number of hydrogen-bond acceptors (Lipinski definition) is 2. The number of aromatic nitrogens is 2. The summed E-state index contributed by atoms with van der Waals surface area (Å²) in [7, 11) is 0. The van der Waals surface area contributed by atoms with E-state index >= 15 is 0 Å². The highest BCUT2D eigenvalue weighted by Crippen LogP contribution is 2.15. The van der Waals surface area contributed by atoms with Gasteiger partial charge in [-0.1, -0.05) is 19.4 Å². The molecule has 0 bridgehead atoms. The van der Waals surface area contributed by atoms with Crippen LogP contribution in [0.2, 0.25) is 0 Å². The van der Waals surface area contributed by atoms with E-state index in [1.54, 1.807) is 0 Å². The molecule has 0 saturated carbocycles. The number of aryl methyl sites for hydroxylation is 3. The van der Waals surface area contributed by atoms with Gasteiger partial charge in [-0.25, -0.2) is 4.98 Å². The molecule has 0 aliphatic carbocycles. The SMILES string of the molecule is C/C(=C\c1nc(C)c(C)nc1C)CC(C)C. The molecular weight excluding hydrogens is 196 g/mol. The zero-order chi connectivity index (χ0) is 12.3. The van der Waals surface area contributed by atoms with Gasteiger partial charge in [0.2, 0.25) is 0 Å². The minimum Gasteiger partial charge on any atom is -0.254 e. The molecule has 88 valence electrons. The molecule has 1 rings (SSSR count). The molecular formula is C14H22N2. The lowest BCUT2D eigenvalue weighted by atomic mass is 10.0. The van der Waals surface area contributed by atoms with Crippen LogP contribution in [0.15, 0.2) is 5.57 Å². The molecule has 0 unspecified atom stereocenters. The monoisotopic (exact) mass is 218 g/mol. The van der Waals surface area contributed by atoms with E-state index in [9.17, 15) is 0 Å². The summed E-state index contributed by atoms with van der Waals surface area (Å²) in [5.74, 6) is 0.691. The second kappa shape index (κ2) is 5.24. The van der Waals surface area contributed by atoms with Gasteiger partial charge < -0.3 is 0 Å². The van der Waals surface area contributed by atoms with E-state index in [0.29, 0.717) is 5.92 Å². The number of nitrogens with zero attached hydrogens (tertiary/aromatic N) is 2. The summed E-state index contributed by atoms with van der Waals surface area (Å²) in [6, 6.07) is 0. The Kier molecular flexibility index (Phi) is 4.22. The molecule has 2 heteroatoms. The maximum Gasteiger partial charge on any atom is 0.0845 e. The molecule has 1 heterocycles. The van der Waals surface area contributed by atoms with Crippen molar-refractivity contribution in [3.05, 3.63) is 28.3 Å². The second-order valence-corrected chi connectivity index (χ2v) is 4.95. The van der Waals surface area contributed by atoms with Crippen LogP contribution in [-0.2, 0) is 0 Å². The van der Waals surface area contributed by atoms with Gasteiger partial charge in [-0.3, -0.25) is 4.98 Å². The highest BCUT2D eigenvalue weighted by atomic mass is 14.8. The third-order valence-electron chi connectivity index (χ3n) is 2.63. The van der Waals surface area contributed by atoms with Crippen LogP contribution >= 0.6 is 0 Å². The van der Waals surface area contributed by atoms with Crippen LogP contribution in [0.25, 0.3) is 6.08 Å². The summed E-state index contributed by atoms with van der Waals surface area (Å²) in [5.41, 5.74) is 5.45. The lowest BCUT2D eigenvalue weighted by Gasteiger charge is -2.07. The van der Waals surface area contributed by atoms with Crippen molar-refractivity contribution in [3.8, 4) is 0 Å². The Bertz CT molecular complexity index is 403. The lowest BCUT2D eigenvalue weighted by molar-refractivity contribution is 0.644. The summed E-state index contributed by atoms with van der Waals surface area (Å²) in [5, 5.41) is 0. The van der Waals surface area contributed by atoms with E-state index in [4.69, 9.17) is 0 Å².